The number of esters is 2. The van der Waals surface area contributed by atoms with Crippen LogP contribution in [0, 0.1) is 0 Å². The molecule has 7 N–H and O–H groups in total. The maximum Gasteiger partial charge on any atom is 0.338 e. The summed E-state index contributed by atoms with van der Waals surface area (Å²) < 4.78 is 33.2. The van der Waals surface area contributed by atoms with Crippen molar-refractivity contribution in [3.63, 3.8) is 0 Å². The molecule has 0 unspecified atom stereocenters. The Kier molecular flexibility index (Phi) is 15.7. The van der Waals surface area contributed by atoms with Gasteiger partial charge in [-0.05, 0) is 68.7 Å². The first kappa shape index (κ1) is 44.5. The van der Waals surface area contributed by atoms with E-state index in [0.717, 1.165) is 0 Å². The van der Waals surface area contributed by atoms with Gasteiger partial charge in [0.15, 0.2) is 6.29 Å². The molecule has 5 rings (SSSR count). The van der Waals surface area contributed by atoms with E-state index < -0.39 is 91.0 Å². The van der Waals surface area contributed by atoms with Crippen LogP contribution in [0.4, 0.5) is 0 Å². The van der Waals surface area contributed by atoms with E-state index in [-0.39, 0.29) is 51.4 Å². The molecule has 2 aliphatic heterocycles. The minimum Gasteiger partial charge on any atom is -0.460 e. The van der Waals surface area contributed by atoms with Crippen LogP contribution in [0.3, 0.4) is 0 Å². The Morgan fingerprint density at radius 2 is 1.71 bits per heavy atom. The van der Waals surface area contributed by atoms with Crippen LogP contribution in [0.15, 0.2) is 66.3 Å². The predicted octanol–water partition coefficient (Wildman–Crippen LogP) is 0.642. The van der Waals surface area contributed by atoms with Crippen LogP contribution in [0.1, 0.15) is 71.9 Å². The highest BCUT2D eigenvalue weighted by Crippen LogP contribution is 2.31. The molecule has 2 aromatic rings. The second kappa shape index (κ2) is 20.4. The molecule has 17 heteroatoms. The smallest absolute Gasteiger partial charge is 0.338 e. The van der Waals surface area contributed by atoms with Crippen LogP contribution in [0.5, 0.6) is 0 Å². The van der Waals surface area contributed by atoms with E-state index in [2.05, 4.69) is 10.6 Å². The zero-order chi connectivity index (χ0) is 42.0. The maximum absolute atomic E-state index is 13.4. The minimum atomic E-state index is -1.55. The highest BCUT2D eigenvalue weighted by atomic mass is 16.7. The van der Waals surface area contributed by atoms with Crippen molar-refractivity contribution in [1.29, 1.82) is 0 Å². The summed E-state index contributed by atoms with van der Waals surface area (Å²) in [6, 6.07) is 12.4. The van der Waals surface area contributed by atoms with Gasteiger partial charge in [-0.2, -0.15) is 0 Å². The number of amides is 2. The van der Waals surface area contributed by atoms with Gasteiger partial charge in [0.2, 0.25) is 5.91 Å². The number of nitrogens with one attached hydrogen (secondary N) is 2. The topological polar surface area (TPSA) is 249 Å². The Hall–Kier alpha value is -4.56. The molecule has 9 atom stereocenters. The Morgan fingerprint density at radius 3 is 2.41 bits per heavy atom. The zero-order valence-corrected chi connectivity index (χ0v) is 32.5. The SMILES string of the molecule is CC(C)(C)OC(=O)CC[C@@H](CO)NC(=O)c1cccc(CNC(=O)C2=C[C@H]3OCO[C@H]3[C@H](OC(=O)c3ccc(C=CCO[C@H]4O[C@H](CO)[C@H](O)[C@H](O)[C@H]4O)cc3)C2)c1. The highest BCUT2D eigenvalue weighted by molar-refractivity contribution is 5.95. The van der Waals surface area contributed by atoms with Crippen LogP contribution >= 0.6 is 0 Å². The van der Waals surface area contributed by atoms with E-state index in [4.69, 9.17) is 28.4 Å². The largest absolute Gasteiger partial charge is 0.460 e. The van der Waals surface area contributed by atoms with Gasteiger partial charge >= 0.3 is 11.9 Å². The number of benzene rings is 2. The van der Waals surface area contributed by atoms with Crippen LogP contribution in [-0.2, 0) is 44.6 Å². The molecule has 0 bridgehead atoms. The van der Waals surface area contributed by atoms with Gasteiger partial charge < -0.3 is 64.6 Å². The van der Waals surface area contributed by atoms with Gasteiger partial charge in [0.1, 0.15) is 55.1 Å². The molecule has 0 radical (unpaired) electrons. The molecular weight excluding hydrogens is 760 g/mol. The van der Waals surface area contributed by atoms with Gasteiger partial charge in [0.05, 0.1) is 31.4 Å². The van der Waals surface area contributed by atoms with Gasteiger partial charge in [-0.15, -0.1) is 0 Å². The van der Waals surface area contributed by atoms with E-state index in [9.17, 15) is 44.7 Å². The summed E-state index contributed by atoms with van der Waals surface area (Å²) in [5.74, 6) is -1.94. The second-order valence-electron chi connectivity index (χ2n) is 15.1. The molecule has 17 nitrogen and oxygen atoms in total. The lowest BCUT2D eigenvalue weighted by Gasteiger charge is -2.39. The fourth-order valence-electron chi connectivity index (χ4n) is 6.48. The summed E-state index contributed by atoms with van der Waals surface area (Å²) in [5.41, 5.74) is 1.58. The van der Waals surface area contributed by atoms with Crippen LogP contribution < -0.4 is 10.6 Å². The number of ether oxygens (including phenoxy) is 6. The minimum absolute atomic E-state index is 0.0222. The van der Waals surface area contributed by atoms with E-state index in [1.807, 2.05) is 0 Å². The Morgan fingerprint density at radius 1 is 0.948 bits per heavy atom. The monoisotopic (exact) mass is 812 g/mol. The van der Waals surface area contributed by atoms with Crippen molar-refractivity contribution in [2.45, 2.75) is 107 Å². The summed E-state index contributed by atoms with van der Waals surface area (Å²) in [4.78, 5) is 51.6. The van der Waals surface area contributed by atoms with E-state index in [0.29, 0.717) is 22.3 Å². The first-order chi connectivity index (χ1) is 27.6. The average Bonchev–Trinajstić information content (AvgIpc) is 3.69. The second-order valence-corrected chi connectivity index (χ2v) is 15.1. The molecule has 2 heterocycles. The van der Waals surface area contributed by atoms with Gasteiger partial charge in [0, 0.05) is 30.5 Å². The van der Waals surface area contributed by atoms with Gasteiger partial charge in [-0.3, -0.25) is 14.4 Å². The number of aliphatic hydroxyl groups excluding tert-OH is 5. The standard InChI is InChI=1S/C41H52N2O15/c1-41(2,3)58-32(46)14-13-28(20-44)43-38(51)26-8-4-6-24(16-26)19-42-37(50)27-17-29-36(55-22-54-29)30(18-27)56-39(52)25-11-9-23(10-12-25)7-5-15-53-40-35(49)34(48)33(47)31(21-45)57-40/h4-12,16-17,28-31,33-36,40,44-45,47-49H,13-15,18-22H2,1-3H3,(H,42,50)(H,43,51)/t28-,29+,30+,31+,33-,34-,35+,36+,40-/m0/s1. The number of rotatable bonds is 16. The average molecular weight is 813 g/mol. The fourth-order valence-corrected chi connectivity index (χ4v) is 6.48. The lowest BCUT2D eigenvalue weighted by Crippen LogP contribution is -2.59. The first-order valence-electron chi connectivity index (χ1n) is 19.0. The summed E-state index contributed by atoms with van der Waals surface area (Å²) in [6.45, 7) is 4.35. The lowest BCUT2D eigenvalue weighted by atomic mass is 9.91. The number of aliphatic hydroxyl groups is 5. The lowest BCUT2D eigenvalue weighted by molar-refractivity contribution is -0.298. The summed E-state index contributed by atoms with van der Waals surface area (Å²) in [5, 5.41) is 54.6. The van der Waals surface area contributed by atoms with E-state index >= 15 is 0 Å². The van der Waals surface area contributed by atoms with Crippen molar-refractivity contribution in [2.24, 2.45) is 0 Å². The molecule has 2 amide bonds. The Balaban J connectivity index is 1.10. The number of fused-ring (bicyclic) bond motifs is 1. The predicted molar refractivity (Wildman–Crippen MR) is 203 cm³/mol. The third kappa shape index (κ3) is 12.2. The highest BCUT2D eigenvalue weighted by Gasteiger charge is 2.44. The van der Waals surface area contributed by atoms with Crippen LogP contribution in [0.2, 0.25) is 0 Å². The van der Waals surface area contributed by atoms with Gasteiger partial charge in [0.25, 0.3) is 5.91 Å². The summed E-state index contributed by atoms with van der Waals surface area (Å²) >= 11 is 0. The third-order valence-corrected chi connectivity index (χ3v) is 9.52. The molecule has 3 aliphatic rings. The van der Waals surface area contributed by atoms with Crippen LogP contribution in [0.25, 0.3) is 6.08 Å². The van der Waals surface area contributed by atoms with Crippen molar-refractivity contribution >= 4 is 29.8 Å². The number of hydrogen-bond donors (Lipinski definition) is 7. The van der Waals surface area contributed by atoms with Crippen molar-refractivity contribution in [2.75, 3.05) is 26.6 Å². The maximum atomic E-state index is 13.4. The molecule has 0 aromatic heterocycles. The first-order valence-corrected chi connectivity index (χ1v) is 19.0. The molecule has 2 saturated heterocycles. The van der Waals surface area contributed by atoms with Crippen LogP contribution in [-0.4, -0.2) is 137 Å². The molecule has 0 spiro atoms. The van der Waals surface area contributed by atoms with E-state index in [1.54, 1.807) is 87.5 Å². The van der Waals surface area contributed by atoms with Crippen molar-refractivity contribution in [3.8, 4) is 0 Å². The molecular formula is C41H52N2O15. The Bertz CT molecular complexity index is 1790. The van der Waals surface area contributed by atoms with Crippen molar-refractivity contribution in [1.82, 2.24) is 10.6 Å². The molecule has 0 saturated carbocycles. The number of hydrogen-bond acceptors (Lipinski definition) is 15. The van der Waals surface area contributed by atoms with E-state index in [1.165, 1.54) is 0 Å². The molecule has 2 aromatic carbocycles. The zero-order valence-electron chi connectivity index (χ0n) is 32.5. The number of carbonyl (C=O) groups excluding carboxylic acids is 4. The normalized spacial score (nSPS) is 26.3. The van der Waals surface area contributed by atoms with Gasteiger partial charge in [-0.1, -0.05) is 36.4 Å². The molecule has 316 valence electrons. The molecule has 58 heavy (non-hydrogen) atoms. The molecule has 1 aliphatic carbocycles. The van der Waals surface area contributed by atoms with Crippen molar-refractivity contribution < 1.29 is 73.1 Å². The van der Waals surface area contributed by atoms with Crippen molar-refractivity contribution in [3.05, 3.63) is 88.5 Å². The van der Waals surface area contributed by atoms with Gasteiger partial charge in [-0.25, -0.2) is 4.79 Å². The quantitative estimate of drug-likeness (QED) is 0.115. The fraction of sp³-hybridized carbons (Fsp3) is 0.512. The summed E-state index contributed by atoms with van der Waals surface area (Å²) in [6.07, 6.45) is -3.71. The molecule has 2 fully saturated rings. The Labute approximate surface area is 335 Å². The number of carbonyl (C=O) groups is 4. The third-order valence-electron chi connectivity index (χ3n) is 9.52. The summed E-state index contributed by atoms with van der Waals surface area (Å²) in [7, 11) is 0.